The number of ether oxygens (including phenoxy) is 2. The van der Waals surface area contributed by atoms with Crippen LogP contribution in [0.4, 0.5) is 0 Å². The summed E-state index contributed by atoms with van der Waals surface area (Å²) in [5, 5.41) is 11.9. The van der Waals surface area contributed by atoms with E-state index in [1.54, 1.807) is 14.1 Å². The van der Waals surface area contributed by atoms with E-state index in [2.05, 4.69) is 117 Å². The van der Waals surface area contributed by atoms with Gasteiger partial charge < -0.3 is 41.0 Å². The van der Waals surface area contributed by atoms with E-state index in [4.69, 9.17) is 15.2 Å². The predicted molar refractivity (Wildman–Crippen MR) is 277 cm³/mol. The van der Waals surface area contributed by atoms with E-state index in [9.17, 15) is 19.2 Å². The van der Waals surface area contributed by atoms with Gasteiger partial charge in [0.05, 0.1) is 42.5 Å². The maximum atomic E-state index is 14.7. The average Bonchev–Trinajstić information content (AvgIpc) is 3.64. The second kappa shape index (κ2) is 23.7. The van der Waals surface area contributed by atoms with Gasteiger partial charge in [-0.25, -0.2) is 0 Å². The molecule has 0 saturated carbocycles. The first kappa shape index (κ1) is 55.4. The van der Waals surface area contributed by atoms with E-state index in [1.807, 2.05) is 46.8 Å². The Labute approximate surface area is 420 Å². The van der Waals surface area contributed by atoms with Crippen LogP contribution in [0.25, 0.3) is 0 Å². The van der Waals surface area contributed by atoms with Crippen molar-refractivity contribution in [1.29, 1.82) is 0 Å². The Kier molecular flexibility index (Phi) is 18.8. The van der Waals surface area contributed by atoms with E-state index in [0.29, 0.717) is 39.4 Å². The molecule has 4 aliphatic heterocycles. The Hall–Kier alpha value is -3.96. The highest BCUT2D eigenvalue weighted by atomic mass is 16.5. The fraction of sp³-hybridized carbons (Fsp3) is 0.709. The minimum absolute atomic E-state index is 0.0184. The largest absolute Gasteiger partial charge is 0.374 e. The lowest BCUT2D eigenvalue weighted by Gasteiger charge is -2.47. The van der Waals surface area contributed by atoms with Gasteiger partial charge in [-0.2, -0.15) is 0 Å². The van der Waals surface area contributed by atoms with Crippen LogP contribution in [0.1, 0.15) is 99.1 Å². The van der Waals surface area contributed by atoms with Crippen molar-refractivity contribution in [2.75, 3.05) is 79.7 Å². The van der Waals surface area contributed by atoms with Crippen LogP contribution in [-0.2, 0) is 41.5 Å². The summed E-state index contributed by atoms with van der Waals surface area (Å²) in [5.74, 6) is -0.875. The standard InChI is InChI=1S/C55H89N9O6/c1-38(2)45(59-48(65)40(5)57-10)50(67)63-28-24-52(6)32-43(34-61(36-54(52,63)8)26-22-41-18-14-12-15-19-41)69-30-31-70-44-33-53(7)25-29-64(51(68)46(39(3)4)60-49(66)47(56)58-11)55(53,9)37-62(35-44)27-23-42-20-16-13-17-21-42/h12-21,38-40,43-47,57-58H,22-37,56H2,1-11H3,(H,59,65)(H,60,66)/t40-,43+,44+,45-,46-,47+,52-,53-,54+,55+/m0/s1. The lowest BCUT2D eigenvalue weighted by atomic mass is 9.69. The molecule has 2 aromatic carbocycles. The van der Waals surface area contributed by atoms with E-state index in [-0.39, 0.29) is 52.6 Å². The summed E-state index contributed by atoms with van der Waals surface area (Å²) < 4.78 is 13.9. The Bertz CT molecular complexity index is 1900. The fourth-order valence-electron chi connectivity index (χ4n) is 12.0. The topological polar surface area (TPSA) is 174 Å². The molecule has 4 saturated heterocycles. The third-order valence-electron chi connectivity index (χ3n) is 17.2. The molecule has 4 heterocycles. The average molecular weight is 972 g/mol. The second-order valence-corrected chi connectivity index (χ2v) is 22.7. The lowest BCUT2D eigenvalue weighted by Crippen LogP contribution is -2.63. The van der Waals surface area contributed by atoms with Gasteiger partial charge in [-0.05, 0) is 107 Å². The Morgan fingerprint density at radius 1 is 0.629 bits per heavy atom. The lowest BCUT2D eigenvalue weighted by molar-refractivity contribution is -0.144. The fourth-order valence-corrected chi connectivity index (χ4v) is 12.0. The number of carbonyl (C=O) groups excluding carboxylic acids is 4. The van der Waals surface area contributed by atoms with Gasteiger partial charge >= 0.3 is 0 Å². The summed E-state index contributed by atoms with van der Waals surface area (Å²) in [6.45, 7) is 25.5. The first-order chi connectivity index (χ1) is 33.2. The van der Waals surface area contributed by atoms with Crippen LogP contribution in [0.15, 0.2) is 60.7 Å². The maximum absolute atomic E-state index is 14.7. The normalized spacial score (nSPS) is 29.2. The van der Waals surface area contributed by atoms with Gasteiger partial charge in [0.15, 0.2) is 0 Å². The highest BCUT2D eigenvalue weighted by molar-refractivity contribution is 5.91. The minimum atomic E-state index is -0.910. The number of nitrogens with zero attached hydrogens (tertiary/aromatic N) is 4. The van der Waals surface area contributed by atoms with Crippen molar-refractivity contribution in [2.45, 2.75) is 148 Å². The van der Waals surface area contributed by atoms with Crippen LogP contribution in [0.3, 0.4) is 0 Å². The van der Waals surface area contributed by atoms with Gasteiger partial charge in [0.1, 0.15) is 18.2 Å². The van der Waals surface area contributed by atoms with Crippen molar-refractivity contribution in [2.24, 2.45) is 28.4 Å². The molecule has 15 heteroatoms. The number of likely N-dealkylation sites (tertiary alicyclic amines) is 4. The molecule has 15 nitrogen and oxygen atoms in total. The van der Waals surface area contributed by atoms with E-state index < -0.39 is 41.3 Å². The van der Waals surface area contributed by atoms with Crippen molar-refractivity contribution in [3.63, 3.8) is 0 Å². The molecule has 390 valence electrons. The maximum Gasteiger partial charge on any atom is 0.252 e. The minimum Gasteiger partial charge on any atom is -0.374 e. The molecule has 4 fully saturated rings. The number of nitrogens with two attached hydrogens (primary N) is 1. The van der Waals surface area contributed by atoms with Gasteiger partial charge in [0, 0.05) is 52.4 Å². The number of benzene rings is 2. The van der Waals surface area contributed by atoms with Gasteiger partial charge in [-0.15, -0.1) is 0 Å². The predicted octanol–water partition coefficient (Wildman–Crippen LogP) is 4.04. The second-order valence-electron chi connectivity index (χ2n) is 22.7. The summed E-state index contributed by atoms with van der Waals surface area (Å²) in [6, 6.07) is 19.3. The van der Waals surface area contributed by atoms with Gasteiger partial charge in [-0.1, -0.05) is 102 Å². The number of nitrogens with one attached hydrogen (secondary N) is 4. The molecule has 0 spiro atoms. The Balaban J connectivity index is 1.18. The van der Waals surface area contributed by atoms with E-state index in [1.165, 1.54) is 11.1 Å². The summed E-state index contributed by atoms with van der Waals surface area (Å²) >= 11 is 0. The molecule has 6 N–H and O–H groups in total. The first-order valence-corrected chi connectivity index (χ1v) is 26.3. The smallest absolute Gasteiger partial charge is 0.252 e. The number of fused-ring (bicyclic) bond motifs is 2. The number of carbonyl (C=O) groups is 4. The number of amides is 4. The molecule has 0 unspecified atom stereocenters. The SMILES string of the molecule is CN[C@@H](C)C(=O)N[C@H](C(=O)N1CC[C@@]2(C)C[C@@H](OCCO[C@H]3CN(CCc4ccccc4)C[C@@]4(C)N(C(=O)[C@@H](NC(=O)[C@H](N)NC)C(C)C)CC[C@@]4(C)C3)CN(CCc3ccccc3)C[C@@]12C)C(C)C. The van der Waals surface area contributed by atoms with E-state index in [0.717, 1.165) is 64.7 Å². The van der Waals surface area contributed by atoms with Crippen molar-refractivity contribution < 1.29 is 28.7 Å². The van der Waals surface area contributed by atoms with Crippen LogP contribution in [0, 0.1) is 22.7 Å². The van der Waals surface area contributed by atoms with Crippen LogP contribution < -0.4 is 27.0 Å². The van der Waals surface area contributed by atoms with Crippen LogP contribution in [0.2, 0.25) is 0 Å². The molecule has 0 radical (unpaired) electrons. The van der Waals surface area contributed by atoms with Crippen molar-refractivity contribution in [3.8, 4) is 0 Å². The molecule has 0 aromatic heterocycles. The Morgan fingerprint density at radius 3 is 1.40 bits per heavy atom. The molecule has 10 atom stereocenters. The van der Waals surface area contributed by atoms with Gasteiger partial charge in [-0.3, -0.25) is 34.3 Å². The summed E-state index contributed by atoms with van der Waals surface area (Å²) in [5.41, 5.74) is 7.06. The molecule has 0 aliphatic carbocycles. The van der Waals surface area contributed by atoms with Crippen LogP contribution in [-0.4, -0.2) is 170 Å². The molecule has 70 heavy (non-hydrogen) atoms. The molecule has 4 aliphatic rings. The first-order valence-electron chi connectivity index (χ1n) is 26.3. The highest BCUT2D eigenvalue weighted by Crippen LogP contribution is 2.52. The Morgan fingerprint density at radius 2 is 1.03 bits per heavy atom. The molecule has 4 amide bonds. The van der Waals surface area contributed by atoms with E-state index >= 15 is 0 Å². The molecular formula is C55H89N9O6. The molecular weight excluding hydrogens is 883 g/mol. The third kappa shape index (κ3) is 12.4. The van der Waals surface area contributed by atoms with Crippen molar-refractivity contribution in [1.82, 2.24) is 40.9 Å². The number of hydrogen-bond donors (Lipinski definition) is 5. The summed E-state index contributed by atoms with van der Waals surface area (Å²) in [4.78, 5) is 64.7. The quantitative estimate of drug-likeness (QED) is 0.0904. The zero-order valence-electron chi connectivity index (χ0n) is 44.5. The molecule has 0 bridgehead atoms. The van der Waals surface area contributed by atoms with Crippen LogP contribution in [0.5, 0.6) is 0 Å². The van der Waals surface area contributed by atoms with Gasteiger partial charge in [0.25, 0.3) is 5.91 Å². The summed E-state index contributed by atoms with van der Waals surface area (Å²) in [6.07, 6.45) is 3.90. The number of hydrogen-bond acceptors (Lipinski definition) is 11. The number of rotatable bonds is 21. The monoisotopic (exact) mass is 972 g/mol. The zero-order chi connectivity index (χ0) is 51.0. The highest BCUT2D eigenvalue weighted by Gasteiger charge is 2.60. The van der Waals surface area contributed by atoms with Crippen molar-refractivity contribution >= 4 is 23.6 Å². The van der Waals surface area contributed by atoms with Crippen LogP contribution >= 0.6 is 0 Å². The molecule has 2 aromatic rings. The number of likely N-dealkylation sites (N-methyl/N-ethyl adjacent to an activating group) is 2. The zero-order valence-corrected chi connectivity index (χ0v) is 44.5. The summed E-state index contributed by atoms with van der Waals surface area (Å²) in [7, 11) is 3.38. The van der Waals surface area contributed by atoms with Gasteiger partial charge in [0.2, 0.25) is 17.7 Å². The van der Waals surface area contributed by atoms with Crippen molar-refractivity contribution in [3.05, 3.63) is 71.8 Å². The molecule has 6 rings (SSSR count). The third-order valence-corrected chi connectivity index (χ3v) is 17.2.